The Labute approximate surface area is 153 Å². The molecule has 136 valence electrons. The van der Waals surface area contributed by atoms with Crippen LogP contribution in [0, 0.1) is 0 Å². The zero-order valence-electron chi connectivity index (χ0n) is 15.8. The zero-order valence-corrected chi connectivity index (χ0v) is 17.6. The lowest BCUT2D eigenvalue weighted by atomic mass is 10.2. The minimum atomic E-state index is -2.71. The lowest BCUT2D eigenvalue weighted by Gasteiger charge is -2.40. The molecule has 0 unspecified atom stereocenters. The van der Waals surface area contributed by atoms with Crippen molar-refractivity contribution in [1.82, 2.24) is 0 Å². The fourth-order valence-corrected chi connectivity index (χ4v) is 12.3. The van der Waals surface area contributed by atoms with Gasteiger partial charge in [0, 0.05) is 16.0 Å². The van der Waals surface area contributed by atoms with Crippen LogP contribution in [0.25, 0.3) is 0 Å². The molecule has 0 radical (unpaired) electrons. The molecule has 0 heterocycles. The number of rotatable bonds is 5. The van der Waals surface area contributed by atoms with Crippen LogP contribution in [0.15, 0.2) is 64.7 Å². The maximum atomic E-state index is 13.3. The standard InChI is InChI=1S/C20H29NO2SSi/c1-17(22)16-24(5,23)21-25(20(2,3)4,18-12-8-6-9-13-18)19-14-10-7-11-15-19/h6-15,17,22H,16H2,1-5H3/t17-,24+/m0/s1. The summed E-state index contributed by atoms with van der Waals surface area (Å²) in [4.78, 5) is 0. The van der Waals surface area contributed by atoms with E-state index < -0.39 is 24.1 Å². The molecule has 0 aromatic heterocycles. The van der Waals surface area contributed by atoms with Gasteiger partial charge in [0.15, 0.2) is 0 Å². The van der Waals surface area contributed by atoms with Gasteiger partial charge in [-0.15, -0.1) is 0 Å². The molecule has 25 heavy (non-hydrogen) atoms. The fraction of sp³-hybridized carbons (Fsp3) is 0.400. The predicted molar refractivity (Wildman–Crippen MR) is 111 cm³/mol. The molecule has 1 N–H and O–H groups in total. The molecular formula is C20H29NO2SSi. The molecule has 0 amide bonds. The number of hydrogen-bond acceptors (Lipinski definition) is 3. The highest BCUT2D eigenvalue weighted by molar-refractivity contribution is 7.93. The van der Waals surface area contributed by atoms with E-state index in [4.69, 9.17) is 4.03 Å². The Morgan fingerprint density at radius 1 is 1.00 bits per heavy atom. The van der Waals surface area contributed by atoms with Gasteiger partial charge in [-0.3, -0.25) is 8.24 Å². The Bertz CT molecular complexity index is 765. The highest BCUT2D eigenvalue weighted by Gasteiger charge is 2.49. The predicted octanol–water partition coefficient (Wildman–Crippen LogP) is 3.03. The van der Waals surface area contributed by atoms with Gasteiger partial charge in [-0.1, -0.05) is 81.4 Å². The molecule has 0 saturated carbocycles. The third-order valence-electron chi connectivity index (χ3n) is 4.35. The molecule has 0 aliphatic heterocycles. The van der Waals surface area contributed by atoms with Crippen LogP contribution in [0.2, 0.25) is 5.04 Å². The van der Waals surface area contributed by atoms with Gasteiger partial charge in [-0.25, -0.2) is 0 Å². The van der Waals surface area contributed by atoms with Crippen LogP contribution >= 0.6 is 0 Å². The number of aliphatic hydroxyl groups excluding tert-OH is 1. The van der Waals surface area contributed by atoms with Gasteiger partial charge < -0.3 is 5.11 Å². The van der Waals surface area contributed by atoms with Gasteiger partial charge >= 0.3 is 0 Å². The van der Waals surface area contributed by atoms with Crippen LogP contribution in [0.3, 0.4) is 0 Å². The van der Waals surface area contributed by atoms with E-state index >= 15 is 0 Å². The molecular weight excluding hydrogens is 346 g/mol. The average Bonchev–Trinajstić information content (AvgIpc) is 2.52. The van der Waals surface area contributed by atoms with Crippen molar-refractivity contribution in [1.29, 1.82) is 0 Å². The van der Waals surface area contributed by atoms with Crippen molar-refractivity contribution in [3.63, 3.8) is 0 Å². The van der Waals surface area contributed by atoms with Crippen molar-refractivity contribution in [3.05, 3.63) is 60.7 Å². The van der Waals surface area contributed by atoms with Crippen LogP contribution in [0.1, 0.15) is 27.7 Å². The normalized spacial score (nSPS) is 16.1. The highest BCUT2D eigenvalue weighted by Crippen LogP contribution is 2.37. The van der Waals surface area contributed by atoms with Crippen molar-refractivity contribution in [2.24, 2.45) is 4.03 Å². The van der Waals surface area contributed by atoms with Gasteiger partial charge in [0.1, 0.15) is 0 Å². The van der Waals surface area contributed by atoms with Crippen molar-refractivity contribution < 1.29 is 9.32 Å². The first-order valence-corrected chi connectivity index (χ1v) is 12.6. The quantitative estimate of drug-likeness (QED) is 0.817. The Hall–Kier alpha value is -1.43. The minimum Gasteiger partial charge on any atom is -0.392 e. The van der Waals surface area contributed by atoms with Gasteiger partial charge in [-0.2, -0.15) is 0 Å². The summed E-state index contributed by atoms with van der Waals surface area (Å²) in [6.07, 6.45) is 1.04. The van der Waals surface area contributed by atoms with Crippen molar-refractivity contribution in [3.8, 4) is 0 Å². The molecule has 0 aliphatic rings. The van der Waals surface area contributed by atoms with E-state index in [-0.39, 0.29) is 10.8 Å². The summed E-state index contributed by atoms with van der Waals surface area (Å²) in [6, 6.07) is 20.5. The lowest BCUT2D eigenvalue weighted by Crippen LogP contribution is -2.63. The van der Waals surface area contributed by atoms with E-state index in [9.17, 15) is 9.32 Å². The summed E-state index contributed by atoms with van der Waals surface area (Å²) >= 11 is 0. The summed E-state index contributed by atoms with van der Waals surface area (Å²) in [6.45, 7) is 8.21. The van der Waals surface area contributed by atoms with E-state index in [0.717, 1.165) is 10.4 Å². The molecule has 2 aromatic carbocycles. The average molecular weight is 376 g/mol. The second kappa shape index (κ2) is 7.44. The zero-order chi connectivity index (χ0) is 18.7. The number of hydrogen-bond donors (Lipinski definition) is 1. The first kappa shape index (κ1) is 19.9. The van der Waals surface area contributed by atoms with Crippen molar-refractivity contribution in [2.75, 3.05) is 12.0 Å². The van der Waals surface area contributed by atoms with E-state index in [0.29, 0.717) is 0 Å². The molecule has 0 bridgehead atoms. The molecule has 0 spiro atoms. The fourth-order valence-electron chi connectivity index (χ4n) is 3.41. The molecule has 0 saturated heterocycles. The molecule has 2 aromatic rings. The van der Waals surface area contributed by atoms with Crippen LogP contribution in [0.5, 0.6) is 0 Å². The van der Waals surface area contributed by atoms with Gasteiger partial charge in [0.25, 0.3) is 8.24 Å². The largest absolute Gasteiger partial charge is 0.392 e. The molecule has 2 atom stereocenters. The van der Waals surface area contributed by atoms with E-state index in [1.807, 2.05) is 36.4 Å². The number of benzene rings is 2. The summed E-state index contributed by atoms with van der Waals surface area (Å²) in [5.74, 6) is 0.192. The molecule has 0 fully saturated rings. The Morgan fingerprint density at radius 3 is 1.72 bits per heavy atom. The Kier molecular flexibility index (Phi) is 5.92. The molecule has 2 rings (SSSR count). The summed E-state index contributed by atoms with van der Waals surface area (Å²) < 4.78 is 18.4. The van der Waals surface area contributed by atoms with Gasteiger partial charge in [0.05, 0.1) is 11.9 Å². The summed E-state index contributed by atoms with van der Waals surface area (Å²) in [5, 5.41) is 11.9. The third kappa shape index (κ3) is 4.40. The van der Waals surface area contributed by atoms with Gasteiger partial charge in [0.2, 0.25) is 0 Å². The third-order valence-corrected chi connectivity index (χ3v) is 12.6. The Morgan fingerprint density at radius 2 is 1.40 bits per heavy atom. The van der Waals surface area contributed by atoms with Crippen molar-refractivity contribution in [2.45, 2.75) is 38.8 Å². The molecule has 5 heteroatoms. The molecule has 0 aliphatic carbocycles. The van der Waals surface area contributed by atoms with Crippen LogP contribution in [-0.2, 0) is 9.73 Å². The number of nitrogens with zero attached hydrogens (tertiary/aromatic N) is 1. The van der Waals surface area contributed by atoms with E-state index in [1.54, 1.807) is 13.2 Å². The first-order valence-electron chi connectivity index (χ1n) is 8.58. The maximum Gasteiger partial charge on any atom is 0.260 e. The smallest absolute Gasteiger partial charge is 0.260 e. The van der Waals surface area contributed by atoms with E-state index in [2.05, 4.69) is 45.0 Å². The van der Waals surface area contributed by atoms with Gasteiger partial charge in [-0.05, 0) is 22.3 Å². The number of aliphatic hydroxyl groups is 1. The highest BCUT2D eigenvalue weighted by atomic mass is 32.2. The van der Waals surface area contributed by atoms with Crippen LogP contribution in [0.4, 0.5) is 0 Å². The van der Waals surface area contributed by atoms with Crippen LogP contribution < -0.4 is 10.4 Å². The van der Waals surface area contributed by atoms with Crippen molar-refractivity contribution >= 4 is 28.3 Å². The topological polar surface area (TPSA) is 49.7 Å². The maximum absolute atomic E-state index is 13.3. The van der Waals surface area contributed by atoms with E-state index in [1.165, 1.54) is 0 Å². The summed E-state index contributed by atoms with van der Waals surface area (Å²) in [5.41, 5.74) is 0. The second-order valence-corrected chi connectivity index (χ2v) is 14.8. The second-order valence-electron chi connectivity index (χ2n) is 7.76. The molecule has 3 nitrogen and oxygen atoms in total. The summed E-state index contributed by atoms with van der Waals surface area (Å²) in [7, 11) is -5.24. The minimum absolute atomic E-state index is 0.174. The Balaban J connectivity index is 2.88. The monoisotopic (exact) mass is 375 g/mol. The lowest BCUT2D eigenvalue weighted by molar-refractivity contribution is 0.219. The first-order chi connectivity index (χ1) is 11.6. The van der Waals surface area contributed by atoms with Crippen LogP contribution in [-0.4, -0.2) is 35.7 Å². The SMILES string of the molecule is C[C@H](O)C[S@@](C)(=O)=N[Si](c1ccccc1)(c1ccccc1)C(C)(C)C.